The predicted octanol–water partition coefficient (Wildman–Crippen LogP) is 2.32. The van der Waals surface area contributed by atoms with E-state index in [1.165, 1.54) is 37.2 Å². The molecule has 0 bridgehead atoms. The second-order valence-corrected chi connectivity index (χ2v) is 6.52. The Labute approximate surface area is 98.3 Å². The van der Waals surface area contributed by atoms with E-state index in [-0.39, 0.29) is 0 Å². The molecule has 1 N–H and O–H groups in total. The zero-order valence-corrected chi connectivity index (χ0v) is 11.7. The van der Waals surface area contributed by atoms with Gasteiger partial charge in [-0.2, -0.15) is 0 Å². The van der Waals surface area contributed by atoms with E-state index in [1.807, 2.05) is 0 Å². The second kappa shape index (κ2) is 8.04. The van der Waals surface area contributed by atoms with E-state index in [0.29, 0.717) is 6.04 Å². The Hall–Kier alpha value is 0.830. The number of nitrogens with one attached hydrogen (secondary N) is 1. The topological polar surface area (TPSA) is 12.0 Å². The Morgan fingerprint density at radius 1 is 1.64 bits per heavy atom. The van der Waals surface area contributed by atoms with Crippen LogP contribution in [0.15, 0.2) is 0 Å². The van der Waals surface area contributed by atoms with Gasteiger partial charge in [-0.05, 0) is 12.8 Å². The Kier molecular flexibility index (Phi) is 7.40. The van der Waals surface area contributed by atoms with Gasteiger partial charge in [-0.1, -0.05) is 18.7 Å². The van der Waals surface area contributed by atoms with Crippen LogP contribution in [0, 0.1) is 0 Å². The van der Waals surface area contributed by atoms with Crippen LogP contribution in [0.4, 0.5) is 0 Å². The van der Waals surface area contributed by atoms with Gasteiger partial charge in [0.15, 0.2) is 17.1 Å². The first-order valence-electron chi connectivity index (χ1n) is 5.41. The van der Waals surface area contributed by atoms with Gasteiger partial charge in [0, 0.05) is 30.9 Å². The normalized spacial score (nSPS) is 19.1. The van der Waals surface area contributed by atoms with Crippen LogP contribution in [0.1, 0.15) is 32.6 Å². The zero-order valence-electron chi connectivity index (χ0n) is 8.92. The first kappa shape index (κ1) is 12.9. The first-order chi connectivity index (χ1) is 6.86. The minimum atomic E-state index is 0.711. The predicted molar refractivity (Wildman–Crippen MR) is 75.3 cm³/mol. The Morgan fingerprint density at radius 2 is 2.50 bits per heavy atom. The summed E-state index contributed by atoms with van der Waals surface area (Å²) in [5, 5.41) is 3.50. The van der Waals surface area contributed by atoms with Crippen molar-refractivity contribution in [2.24, 2.45) is 0 Å². The van der Waals surface area contributed by atoms with E-state index in [2.05, 4.69) is 44.6 Å². The zero-order chi connectivity index (χ0) is 10.2. The van der Waals surface area contributed by atoms with Gasteiger partial charge in [-0.15, -0.1) is 9.24 Å². The van der Waals surface area contributed by atoms with Gasteiger partial charge in [-0.25, -0.2) is 0 Å². The highest BCUT2D eigenvalue weighted by atomic mass is 32.2. The van der Waals surface area contributed by atoms with Crippen molar-refractivity contribution >= 4 is 36.5 Å². The smallest absolute Gasteiger partial charge is 0.234 e. The van der Waals surface area contributed by atoms with Crippen molar-refractivity contribution in [3.63, 3.8) is 0 Å². The van der Waals surface area contributed by atoms with E-state index in [0.717, 1.165) is 6.29 Å². The molecule has 0 radical (unpaired) electrons. The van der Waals surface area contributed by atoms with E-state index in [4.69, 9.17) is 0 Å². The Morgan fingerprint density at radius 3 is 3.07 bits per heavy atom. The fourth-order valence-corrected chi connectivity index (χ4v) is 4.43. The summed E-state index contributed by atoms with van der Waals surface area (Å²) in [6, 6.07) is 0.711. The van der Waals surface area contributed by atoms with Gasteiger partial charge in [0.1, 0.15) is 0 Å². The highest BCUT2D eigenvalue weighted by Gasteiger charge is 2.17. The summed E-state index contributed by atoms with van der Waals surface area (Å²) >= 11 is 4.16. The molecule has 0 spiro atoms. The molecule has 1 aliphatic heterocycles. The maximum Gasteiger partial charge on any atom is 0.234 e. The third kappa shape index (κ3) is 5.06. The molecule has 0 aromatic rings. The van der Waals surface area contributed by atoms with Crippen LogP contribution in [0.25, 0.3) is 0 Å². The average molecular weight is 250 g/mol. The molecule has 2 atom stereocenters. The minimum absolute atomic E-state index is 0.711. The van der Waals surface area contributed by atoms with Gasteiger partial charge in [0.25, 0.3) is 0 Å². The summed E-state index contributed by atoms with van der Waals surface area (Å²) < 4.78 is 1.67. The first-order valence-corrected chi connectivity index (χ1v) is 8.20. The van der Waals surface area contributed by atoms with Crippen molar-refractivity contribution < 1.29 is 0 Å². The summed E-state index contributed by atoms with van der Waals surface area (Å²) in [5.74, 6) is 2.69. The molecule has 82 valence electrons. The van der Waals surface area contributed by atoms with Crippen LogP contribution < -0.4 is 5.32 Å². The van der Waals surface area contributed by atoms with Gasteiger partial charge in [0.05, 0.1) is 0 Å². The van der Waals surface area contributed by atoms with Crippen molar-refractivity contribution in [3.8, 4) is 0 Å². The summed E-state index contributed by atoms with van der Waals surface area (Å²) in [5.41, 5.74) is 0. The number of hydrogen-bond donors (Lipinski definition) is 1. The van der Waals surface area contributed by atoms with Crippen LogP contribution in [0.2, 0.25) is 0 Å². The van der Waals surface area contributed by atoms with Crippen molar-refractivity contribution in [2.75, 3.05) is 17.8 Å². The largest absolute Gasteiger partial charge is 0.311 e. The second-order valence-electron chi connectivity index (χ2n) is 3.47. The lowest BCUT2D eigenvalue weighted by Crippen LogP contribution is -2.27. The standard InChI is InChI=1S/C10H21NPS2/c1-2-9(11-8-12)4-5-10-13-6-3-7-14-10/h9,11H,2-8,12H2,1H3/q+1. The molecule has 0 amide bonds. The monoisotopic (exact) mass is 250 g/mol. The van der Waals surface area contributed by atoms with Crippen molar-refractivity contribution in [2.45, 2.75) is 38.6 Å². The highest BCUT2D eigenvalue weighted by Crippen LogP contribution is 2.16. The molecule has 1 nitrogen and oxygen atoms in total. The van der Waals surface area contributed by atoms with Gasteiger partial charge < -0.3 is 5.32 Å². The minimum Gasteiger partial charge on any atom is -0.311 e. The number of hydrogen-bond acceptors (Lipinski definition) is 2. The molecule has 2 unspecified atom stereocenters. The van der Waals surface area contributed by atoms with Gasteiger partial charge >= 0.3 is 0 Å². The van der Waals surface area contributed by atoms with Crippen LogP contribution >= 0.6 is 21.0 Å². The summed E-state index contributed by atoms with van der Waals surface area (Å²) in [6.45, 7) is 2.27. The summed E-state index contributed by atoms with van der Waals surface area (Å²) in [4.78, 5) is 0. The molecule has 1 rings (SSSR count). The number of rotatable bonds is 6. The lowest BCUT2D eigenvalue weighted by molar-refractivity contribution is 0.512. The fourth-order valence-electron chi connectivity index (χ4n) is 1.53. The maximum atomic E-state index is 3.50. The third-order valence-electron chi connectivity index (χ3n) is 2.41. The van der Waals surface area contributed by atoms with Crippen LogP contribution in [0.5, 0.6) is 0 Å². The summed E-state index contributed by atoms with van der Waals surface area (Å²) in [6.07, 6.45) is 6.26. The molecule has 4 heteroatoms. The van der Waals surface area contributed by atoms with Crippen LogP contribution in [0.3, 0.4) is 0 Å². The number of thioether (sulfide) groups is 1. The molecular formula is C10H21NPS2+. The molecule has 14 heavy (non-hydrogen) atoms. The molecule has 0 aromatic heterocycles. The summed E-state index contributed by atoms with van der Waals surface area (Å²) in [7, 11) is 2.74. The van der Waals surface area contributed by atoms with E-state index in [1.54, 1.807) is 4.20 Å². The molecule has 1 heterocycles. The molecule has 0 aromatic carbocycles. The Bertz CT molecular complexity index is 185. The maximum absolute atomic E-state index is 3.50. The third-order valence-corrected chi connectivity index (χ3v) is 5.39. The van der Waals surface area contributed by atoms with E-state index < -0.39 is 0 Å². The Balaban J connectivity index is 2.19. The van der Waals surface area contributed by atoms with E-state index >= 15 is 0 Å². The van der Waals surface area contributed by atoms with E-state index in [9.17, 15) is 0 Å². The molecule has 1 aliphatic rings. The molecule has 0 saturated heterocycles. The molecule has 0 saturated carbocycles. The average Bonchev–Trinajstić information content (AvgIpc) is 2.25. The molecular weight excluding hydrogens is 229 g/mol. The fraction of sp³-hybridized carbons (Fsp3) is 0.900. The quantitative estimate of drug-likeness (QED) is 0.441. The van der Waals surface area contributed by atoms with Crippen molar-refractivity contribution in [1.82, 2.24) is 5.32 Å². The van der Waals surface area contributed by atoms with Gasteiger partial charge in [0.2, 0.25) is 4.20 Å². The SMILES string of the molecule is CCC(CCC1=[S+]CCCS1)NCP. The van der Waals surface area contributed by atoms with Gasteiger partial charge in [-0.3, -0.25) is 0 Å². The molecule has 0 aliphatic carbocycles. The van der Waals surface area contributed by atoms with Crippen molar-refractivity contribution in [1.29, 1.82) is 0 Å². The highest BCUT2D eigenvalue weighted by molar-refractivity contribution is 8.22. The van der Waals surface area contributed by atoms with Crippen LogP contribution in [-0.2, 0) is 11.4 Å². The lowest BCUT2D eigenvalue weighted by atomic mass is 10.1. The van der Waals surface area contributed by atoms with Crippen LogP contribution in [-0.4, -0.2) is 28.0 Å². The lowest BCUT2D eigenvalue weighted by Gasteiger charge is -2.14. The van der Waals surface area contributed by atoms with Crippen molar-refractivity contribution in [3.05, 3.63) is 0 Å². The molecule has 0 fully saturated rings.